The Morgan fingerprint density at radius 1 is 1.05 bits per heavy atom. The normalized spacial score (nSPS) is 11.0. The lowest BCUT2D eigenvalue weighted by Gasteiger charge is -2.01. The van der Waals surface area contributed by atoms with Crippen molar-refractivity contribution in [2.24, 2.45) is 5.73 Å². The Bertz CT molecular complexity index is 685. The Hall–Kier alpha value is -2.13. The molecule has 0 bridgehead atoms. The Morgan fingerprint density at radius 2 is 1.89 bits per heavy atom. The maximum Gasteiger partial charge on any atom is 0.106 e. The summed E-state index contributed by atoms with van der Waals surface area (Å²) in [6, 6.07) is 14.8. The van der Waals surface area contributed by atoms with Crippen molar-refractivity contribution in [3.8, 4) is 11.3 Å². The minimum Gasteiger partial charge on any atom is -0.342 e. The van der Waals surface area contributed by atoms with Gasteiger partial charge in [-0.25, -0.2) is 4.98 Å². The molecule has 0 unspecified atom stereocenters. The fourth-order valence-corrected chi connectivity index (χ4v) is 2.26. The van der Waals surface area contributed by atoms with E-state index in [9.17, 15) is 0 Å². The summed E-state index contributed by atoms with van der Waals surface area (Å²) in [7, 11) is 0. The first-order valence-corrected chi connectivity index (χ1v) is 6.60. The van der Waals surface area contributed by atoms with Crippen LogP contribution in [0.5, 0.6) is 0 Å². The lowest BCUT2D eigenvalue weighted by atomic mass is 10.1. The number of rotatable bonds is 4. The van der Waals surface area contributed by atoms with Crippen LogP contribution in [0.4, 0.5) is 0 Å². The summed E-state index contributed by atoms with van der Waals surface area (Å²) < 4.78 is 0. The zero-order chi connectivity index (χ0) is 13.1. The number of nitrogens with zero attached hydrogens (tertiary/aromatic N) is 1. The first kappa shape index (κ1) is 11.9. The van der Waals surface area contributed by atoms with E-state index in [1.165, 1.54) is 16.3 Å². The van der Waals surface area contributed by atoms with Gasteiger partial charge in [0.15, 0.2) is 0 Å². The molecular formula is C16H17N3. The minimum atomic E-state index is 0.700. The molecule has 0 spiro atoms. The number of hydrogen-bond donors (Lipinski definition) is 2. The largest absolute Gasteiger partial charge is 0.342 e. The summed E-state index contributed by atoms with van der Waals surface area (Å²) >= 11 is 0. The summed E-state index contributed by atoms with van der Waals surface area (Å²) in [6.07, 6.45) is 3.77. The number of benzene rings is 2. The molecular weight excluding hydrogens is 234 g/mol. The van der Waals surface area contributed by atoms with E-state index in [4.69, 9.17) is 5.73 Å². The van der Waals surface area contributed by atoms with E-state index < -0.39 is 0 Å². The number of nitrogens with two attached hydrogens (primary N) is 1. The third kappa shape index (κ3) is 2.51. The summed E-state index contributed by atoms with van der Waals surface area (Å²) in [6.45, 7) is 0.700. The second kappa shape index (κ2) is 5.24. The van der Waals surface area contributed by atoms with Crippen molar-refractivity contribution in [2.75, 3.05) is 6.54 Å². The fraction of sp³-hybridized carbons (Fsp3) is 0.188. The second-order valence-corrected chi connectivity index (χ2v) is 4.70. The number of H-pyrrole nitrogens is 1. The number of hydrogen-bond acceptors (Lipinski definition) is 2. The lowest BCUT2D eigenvalue weighted by Crippen LogP contribution is -2.01. The number of fused-ring (bicyclic) bond motifs is 1. The van der Waals surface area contributed by atoms with Crippen LogP contribution in [0.15, 0.2) is 48.7 Å². The molecule has 0 fully saturated rings. The van der Waals surface area contributed by atoms with Crippen molar-refractivity contribution in [3.05, 3.63) is 54.5 Å². The van der Waals surface area contributed by atoms with Crippen LogP contribution in [0.1, 0.15) is 12.2 Å². The molecule has 3 rings (SSSR count). The van der Waals surface area contributed by atoms with Gasteiger partial charge in [-0.15, -0.1) is 0 Å². The van der Waals surface area contributed by atoms with E-state index in [0.29, 0.717) is 6.54 Å². The molecule has 0 aliphatic heterocycles. The predicted molar refractivity (Wildman–Crippen MR) is 78.9 cm³/mol. The van der Waals surface area contributed by atoms with E-state index >= 15 is 0 Å². The van der Waals surface area contributed by atoms with E-state index in [0.717, 1.165) is 24.4 Å². The van der Waals surface area contributed by atoms with Gasteiger partial charge in [0.1, 0.15) is 5.82 Å². The van der Waals surface area contributed by atoms with Crippen LogP contribution in [-0.2, 0) is 6.42 Å². The topological polar surface area (TPSA) is 54.7 Å². The highest BCUT2D eigenvalue weighted by molar-refractivity contribution is 5.86. The molecule has 0 saturated carbocycles. The monoisotopic (exact) mass is 251 g/mol. The summed E-state index contributed by atoms with van der Waals surface area (Å²) in [4.78, 5) is 7.76. The quantitative estimate of drug-likeness (QED) is 0.748. The van der Waals surface area contributed by atoms with E-state index in [1.54, 1.807) is 0 Å². The van der Waals surface area contributed by atoms with Crippen LogP contribution >= 0.6 is 0 Å². The SMILES string of the molecule is NCCCc1ncc(-c2ccc3ccccc3c2)[nH]1. The Kier molecular flexibility index (Phi) is 3.29. The van der Waals surface area contributed by atoms with Crippen LogP contribution in [0.2, 0.25) is 0 Å². The third-order valence-electron chi connectivity index (χ3n) is 3.31. The smallest absolute Gasteiger partial charge is 0.106 e. The second-order valence-electron chi connectivity index (χ2n) is 4.70. The minimum absolute atomic E-state index is 0.700. The highest BCUT2D eigenvalue weighted by Gasteiger charge is 2.04. The van der Waals surface area contributed by atoms with Crippen molar-refractivity contribution in [2.45, 2.75) is 12.8 Å². The molecule has 0 aliphatic carbocycles. The van der Waals surface area contributed by atoms with E-state index in [2.05, 4.69) is 52.4 Å². The van der Waals surface area contributed by atoms with Crippen molar-refractivity contribution >= 4 is 10.8 Å². The van der Waals surface area contributed by atoms with Crippen LogP contribution in [-0.4, -0.2) is 16.5 Å². The standard InChI is InChI=1S/C16H17N3/c17-9-3-6-16-18-11-15(19-16)14-8-7-12-4-1-2-5-13(12)10-14/h1-2,4-5,7-8,10-11H,3,6,9,17H2,(H,18,19). The molecule has 0 radical (unpaired) electrons. The maximum absolute atomic E-state index is 5.51. The van der Waals surface area contributed by atoms with E-state index in [-0.39, 0.29) is 0 Å². The number of nitrogens with one attached hydrogen (secondary N) is 1. The highest BCUT2D eigenvalue weighted by Crippen LogP contribution is 2.23. The summed E-state index contributed by atoms with van der Waals surface area (Å²) in [5.41, 5.74) is 7.75. The Labute approximate surface area is 112 Å². The molecule has 0 aliphatic rings. The Morgan fingerprint density at radius 3 is 2.74 bits per heavy atom. The van der Waals surface area contributed by atoms with Crippen LogP contribution < -0.4 is 5.73 Å². The van der Waals surface area contributed by atoms with Crippen LogP contribution in [0.3, 0.4) is 0 Å². The van der Waals surface area contributed by atoms with Gasteiger partial charge in [0.2, 0.25) is 0 Å². The molecule has 3 heteroatoms. The summed E-state index contributed by atoms with van der Waals surface area (Å²) in [5, 5.41) is 2.51. The lowest BCUT2D eigenvalue weighted by molar-refractivity contribution is 0.794. The van der Waals surface area contributed by atoms with Crippen molar-refractivity contribution < 1.29 is 0 Å². The van der Waals surface area contributed by atoms with Gasteiger partial charge in [-0.3, -0.25) is 0 Å². The molecule has 1 aromatic heterocycles. The van der Waals surface area contributed by atoms with Crippen molar-refractivity contribution in [1.82, 2.24) is 9.97 Å². The number of aromatic amines is 1. The van der Waals surface area contributed by atoms with Gasteiger partial charge < -0.3 is 10.7 Å². The van der Waals surface area contributed by atoms with Crippen LogP contribution in [0, 0.1) is 0 Å². The third-order valence-corrected chi connectivity index (χ3v) is 3.31. The molecule has 2 aromatic carbocycles. The first-order valence-electron chi connectivity index (χ1n) is 6.60. The highest BCUT2D eigenvalue weighted by atomic mass is 14.9. The van der Waals surface area contributed by atoms with Gasteiger partial charge in [-0.05, 0) is 29.8 Å². The molecule has 0 amide bonds. The van der Waals surface area contributed by atoms with Crippen molar-refractivity contribution in [1.29, 1.82) is 0 Å². The maximum atomic E-state index is 5.51. The number of aryl methyl sites for hydroxylation is 1. The van der Waals surface area contributed by atoms with Gasteiger partial charge in [-0.2, -0.15) is 0 Å². The predicted octanol–water partition coefficient (Wildman–Crippen LogP) is 3.12. The molecule has 3 nitrogen and oxygen atoms in total. The van der Waals surface area contributed by atoms with Crippen LogP contribution in [0.25, 0.3) is 22.0 Å². The Balaban J connectivity index is 1.92. The zero-order valence-corrected chi connectivity index (χ0v) is 10.8. The average molecular weight is 251 g/mol. The fourth-order valence-electron chi connectivity index (χ4n) is 2.26. The molecule has 1 heterocycles. The molecule has 19 heavy (non-hydrogen) atoms. The molecule has 0 saturated heterocycles. The van der Waals surface area contributed by atoms with Gasteiger partial charge in [0.05, 0.1) is 11.9 Å². The molecule has 3 N–H and O–H groups in total. The zero-order valence-electron chi connectivity index (χ0n) is 10.8. The van der Waals surface area contributed by atoms with Gasteiger partial charge in [0, 0.05) is 12.0 Å². The summed E-state index contributed by atoms with van der Waals surface area (Å²) in [5.74, 6) is 1.01. The van der Waals surface area contributed by atoms with Gasteiger partial charge in [0.25, 0.3) is 0 Å². The van der Waals surface area contributed by atoms with Gasteiger partial charge in [-0.1, -0.05) is 36.4 Å². The van der Waals surface area contributed by atoms with E-state index in [1.807, 2.05) is 6.20 Å². The van der Waals surface area contributed by atoms with Crippen molar-refractivity contribution in [3.63, 3.8) is 0 Å². The number of aromatic nitrogens is 2. The number of imidazole rings is 1. The average Bonchev–Trinajstić information content (AvgIpc) is 2.93. The molecule has 96 valence electrons. The molecule has 3 aromatic rings. The van der Waals surface area contributed by atoms with Gasteiger partial charge >= 0.3 is 0 Å². The first-order chi connectivity index (χ1) is 9.36. The molecule has 0 atom stereocenters.